The summed E-state index contributed by atoms with van der Waals surface area (Å²) < 4.78 is 0. The van der Waals surface area contributed by atoms with Gasteiger partial charge in [0, 0.05) is 17.4 Å². The second kappa shape index (κ2) is 7.84. The maximum absolute atomic E-state index is 10.9. The second-order valence-electron chi connectivity index (χ2n) is 4.15. The number of carbonyl (C=O) groups is 2. The first-order chi connectivity index (χ1) is 8.65. The number of hydroxylamine groups is 1. The molecule has 1 amide bonds. The van der Waals surface area contributed by atoms with Gasteiger partial charge in [0.05, 0.1) is 0 Å². The van der Waals surface area contributed by atoms with Crippen LogP contribution in [0.1, 0.15) is 24.8 Å². The molecule has 0 saturated carbocycles. The number of aldehydes is 1. The van der Waals surface area contributed by atoms with Crippen molar-refractivity contribution in [2.75, 3.05) is 0 Å². The van der Waals surface area contributed by atoms with Crippen molar-refractivity contribution in [2.24, 2.45) is 5.92 Å². The van der Waals surface area contributed by atoms with Crippen LogP contribution in [0.3, 0.4) is 0 Å². The van der Waals surface area contributed by atoms with E-state index in [9.17, 15) is 9.59 Å². The fraction of sp³-hybridized carbons (Fsp3) is 0.385. The van der Waals surface area contributed by atoms with Crippen LogP contribution in [0.25, 0.3) is 0 Å². The number of hydrogen-bond donors (Lipinski definition) is 2. The van der Waals surface area contributed by atoms with E-state index >= 15 is 0 Å². The molecule has 4 nitrogen and oxygen atoms in total. The van der Waals surface area contributed by atoms with Gasteiger partial charge in [-0.05, 0) is 37.0 Å². The van der Waals surface area contributed by atoms with E-state index in [1.807, 2.05) is 24.3 Å². The van der Waals surface area contributed by atoms with Crippen LogP contribution in [0.4, 0.5) is 0 Å². The zero-order valence-electron chi connectivity index (χ0n) is 9.93. The van der Waals surface area contributed by atoms with E-state index < -0.39 is 5.91 Å². The van der Waals surface area contributed by atoms with E-state index in [0.29, 0.717) is 11.4 Å². The summed E-state index contributed by atoms with van der Waals surface area (Å²) in [4.78, 5) is 21.7. The zero-order chi connectivity index (χ0) is 13.4. The highest BCUT2D eigenvalue weighted by Gasteiger charge is 2.12. The fourth-order valence-corrected chi connectivity index (χ4v) is 1.85. The van der Waals surface area contributed by atoms with E-state index in [1.54, 1.807) is 0 Å². The summed E-state index contributed by atoms with van der Waals surface area (Å²) in [7, 11) is 0. The normalized spacial score (nSPS) is 11.9. The Hall–Kier alpha value is -1.39. The number of halogens is 1. The zero-order valence-corrected chi connectivity index (χ0v) is 10.7. The molecule has 0 aromatic heterocycles. The minimum Gasteiger partial charge on any atom is -0.303 e. The van der Waals surface area contributed by atoms with Gasteiger partial charge in [-0.3, -0.25) is 10.0 Å². The molecule has 5 heteroatoms. The number of nitrogens with one attached hydrogen (secondary N) is 1. The molecule has 0 spiro atoms. The fourth-order valence-electron chi connectivity index (χ4n) is 1.72. The Kier molecular flexibility index (Phi) is 6.39. The van der Waals surface area contributed by atoms with Crippen molar-refractivity contribution in [1.29, 1.82) is 0 Å². The summed E-state index contributed by atoms with van der Waals surface area (Å²) in [6.07, 6.45) is 3.06. The molecule has 0 unspecified atom stereocenters. The highest BCUT2D eigenvalue weighted by molar-refractivity contribution is 6.30. The largest absolute Gasteiger partial charge is 0.303 e. The van der Waals surface area contributed by atoms with Gasteiger partial charge in [0.1, 0.15) is 6.29 Å². The third-order valence-corrected chi connectivity index (χ3v) is 2.97. The number of aryl methyl sites for hydroxylation is 1. The van der Waals surface area contributed by atoms with Crippen LogP contribution >= 0.6 is 11.6 Å². The highest BCUT2D eigenvalue weighted by atomic mass is 35.5. The molecule has 0 radical (unpaired) electrons. The van der Waals surface area contributed by atoms with Crippen molar-refractivity contribution in [3.63, 3.8) is 0 Å². The van der Waals surface area contributed by atoms with E-state index in [0.717, 1.165) is 24.7 Å². The first kappa shape index (κ1) is 14.7. The van der Waals surface area contributed by atoms with E-state index in [1.165, 1.54) is 5.48 Å². The van der Waals surface area contributed by atoms with Crippen LogP contribution in [0.15, 0.2) is 24.3 Å². The minimum absolute atomic E-state index is 0.0284. The van der Waals surface area contributed by atoms with Crippen LogP contribution in [0.2, 0.25) is 5.02 Å². The van der Waals surface area contributed by atoms with Gasteiger partial charge in [0.15, 0.2) is 0 Å². The van der Waals surface area contributed by atoms with Crippen molar-refractivity contribution < 1.29 is 14.8 Å². The number of benzene rings is 1. The molecule has 98 valence electrons. The molecule has 1 aromatic carbocycles. The van der Waals surface area contributed by atoms with Crippen LogP contribution in [0.5, 0.6) is 0 Å². The predicted octanol–water partition coefficient (Wildman–Crippen LogP) is 2.37. The molecule has 0 bridgehead atoms. The first-order valence-corrected chi connectivity index (χ1v) is 6.16. The molecule has 1 atom stereocenters. The molecule has 18 heavy (non-hydrogen) atoms. The lowest BCUT2D eigenvalue weighted by Gasteiger charge is -2.08. The Morgan fingerprint density at radius 2 is 2.06 bits per heavy atom. The van der Waals surface area contributed by atoms with Gasteiger partial charge in [0.2, 0.25) is 5.91 Å². The van der Waals surface area contributed by atoms with Gasteiger partial charge in [-0.15, -0.1) is 0 Å². The number of carbonyl (C=O) groups excluding carboxylic acids is 2. The predicted molar refractivity (Wildman–Crippen MR) is 68.5 cm³/mol. The molecular weight excluding hydrogens is 254 g/mol. The lowest BCUT2D eigenvalue weighted by Crippen LogP contribution is -2.22. The number of rotatable bonds is 7. The quantitative estimate of drug-likeness (QED) is 0.454. The van der Waals surface area contributed by atoms with Crippen LogP contribution in [-0.4, -0.2) is 17.4 Å². The molecule has 1 rings (SSSR count). The van der Waals surface area contributed by atoms with Gasteiger partial charge < -0.3 is 4.79 Å². The molecule has 0 fully saturated rings. The smallest absolute Gasteiger partial charge is 0.244 e. The van der Waals surface area contributed by atoms with Gasteiger partial charge in [0.25, 0.3) is 0 Å². The van der Waals surface area contributed by atoms with Gasteiger partial charge in [-0.25, -0.2) is 5.48 Å². The molecule has 0 aliphatic heterocycles. The monoisotopic (exact) mass is 269 g/mol. The minimum atomic E-state index is -0.529. The SMILES string of the molecule is O=C[C@H](CCCc1ccc(Cl)cc1)CC(=O)NO. The Bertz CT molecular complexity index is 392. The lowest BCUT2D eigenvalue weighted by atomic mass is 9.98. The van der Waals surface area contributed by atoms with Crippen LogP contribution in [0, 0.1) is 5.92 Å². The molecule has 0 aliphatic rings. The third kappa shape index (κ3) is 5.29. The maximum Gasteiger partial charge on any atom is 0.244 e. The van der Waals surface area contributed by atoms with Gasteiger partial charge in [-0.2, -0.15) is 0 Å². The Labute approximate surface area is 111 Å². The van der Waals surface area contributed by atoms with Gasteiger partial charge >= 0.3 is 0 Å². The third-order valence-electron chi connectivity index (χ3n) is 2.72. The second-order valence-corrected chi connectivity index (χ2v) is 4.59. The average molecular weight is 270 g/mol. The molecule has 0 heterocycles. The molecule has 0 aliphatic carbocycles. The maximum atomic E-state index is 10.9. The summed E-state index contributed by atoms with van der Waals surface area (Å²) in [5.41, 5.74) is 2.68. The van der Waals surface area contributed by atoms with E-state index in [2.05, 4.69) is 0 Å². The molecule has 1 aromatic rings. The summed E-state index contributed by atoms with van der Waals surface area (Å²) in [6, 6.07) is 7.54. The summed E-state index contributed by atoms with van der Waals surface area (Å²) >= 11 is 5.78. The topological polar surface area (TPSA) is 66.4 Å². The van der Waals surface area contributed by atoms with Crippen molar-refractivity contribution in [3.05, 3.63) is 34.9 Å². The number of amides is 1. The molecule has 2 N–H and O–H groups in total. The lowest BCUT2D eigenvalue weighted by molar-refractivity contribution is -0.131. The van der Waals surface area contributed by atoms with Crippen molar-refractivity contribution in [3.8, 4) is 0 Å². The standard InChI is InChI=1S/C13H16ClNO3/c14-12-6-4-10(5-7-12)2-1-3-11(9-16)8-13(17)15-18/h4-7,9,11,18H,1-3,8H2,(H,15,17)/t11-/m1/s1. The highest BCUT2D eigenvalue weighted by Crippen LogP contribution is 2.14. The van der Waals surface area contributed by atoms with Crippen molar-refractivity contribution in [1.82, 2.24) is 5.48 Å². The average Bonchev–Trinajstić information content (AvgIpc) is 2.39. The first-order valence-electron chi connectivity index (χ1n) is 5.78. The van der Waals surface area contributed by atoms with E-state index in [-0.39, 0.29) is 12.3 Å². The van der Waals surface area contributed by atoms with Crippen molar-refractivity contribution in [2.45, 2.75) is 25.7 Å². The Morgan fingerprint density at radius 3 is 2.61 bits per heavy atom. The van der Waals surface area contributed by atoms with Crippen LogP contribution < -0.4 is 5.48 Å². The van der Waals surface area contributed by atoms with Crippen molar-refractivity contribution >= 4 is 23.8 Å². The Balaban J connectivity index is 2.33. The summed E-state index contributed by atoms with van der Waals surface area (Å²) in [5, 5.41) is 9.08. The summed E-state index contributed by atoms with van der Waals surface area (Å²) in [5.74, 6) is -0.872. The van der Waals surface area contributed by atoms with Crippen LogP contribution in [-0.2, 0) is 16.0 Å². The number of hydrogen-bond acceptors (Lipinski definition) is 3. The Morgan fingerprint density at radius 1 is 1.39 bits per heavy atom. The summed E-state index contributed by atoms with van der Waals surface area (Å²) in [6.45, 7) is 0. The van der Waals surface area contributed by atoms with E-state index in [4.69, 9.17) is 16.8 Å². The molecular formula is C13H16ClNO3. The molecule has 0 saturated heterocycles. The van der Waals surface area contributed by atoms with Gasteiger partial charge in [-0.1, -0.05) is 23.7 Å².